The number of halogens is 1. The largest absolute Gasteiger partial charge is 0.478 e. The fourth-order valence-corrected chi connectivity index (χ4v) is 2.81. The summed E-state index contributed by atoms with van der Waals surface area (Å²) in [5, 5.41) is 8.78. The molecule has 0 bridgehead atoms. The summed E-state index contributed by atoms with van der Waals surface area (Å²) in [5.74, 6) is -1.39. The van der Waals surface area contributed by atoms with Gasteiger partial charge in [0.05, 0.1) is 0 Å². The number of nitrogens with zero attached hydrogens (tertiary/aromatic N) is 2. The van der Waals surface area contributed by atoms with Gasteiger partial charge in [-0.05, 0) is 51.2 Å². The Bertz CT molecular complexity index is 545. The first kappa shape index (κ1) is 15.5. The zero-order chi connectivity index (χ0) is 15.4. The lowest BCUT2D eigenvalue weighted by molar-refractivity contribution is -0.131. The van der Waals surface area contributed by atoms with Gasteiger partial charge in [-0.1, -0.05) is 0 Å². The summed E-state index contributed by atoms with van der Waals surface area (Å²) in [5.41, 5.74) is 1.49. The number of benzene rings is 1. The van der Waals surface area contributed by atoms with Crippen molar-refractivity contribution < 1.29 is 14.3 Å². The molecule has 0 saturated carbocycles. The van der Waals surface area contributed by atoms with Crippen molar-refractivity contribution in [3.8, 4) is 0 Å². The van der Waals surface area contributed by atoms with Gasteiger partial charge in [0.15, 0.2) is 0 Å². The molecule has 0 spiro atoms. The quantitative estimate of drug-likeness (QED) is 0.869. The summed E-state index contributed by atoms with van der Waals surface area (Å²) in [6.45, 7) is 4.97. The third kappa shape index (κ3) is 4.04. The van der Waals surface area contributed by atoms with Crippen molar-refractivity contribution in [3.63, 3.8) is 0 Å². The second-order valence-electron chi connectivity index (χ2n) is 5.53. The average Bonchev–Trinajstić information content (AvgIpc) is 2.57. The molecule has 2 rings (SSSR count). The molecule has 0 amide bonds. The van der Waals surface area contributed by atoms with Gasteiger partial charge in [0, 0.05) is 36.5 Å². The molecule has 0 radical (unpaired) electrons. The van der Waals surface area contributed by atoms with E-state index in [1.807, 2.05) is 0 Å². The first-order valence-corrected chi connectivity index (χ1v) is 7.13. The Morgan fingerprint density at radius 2 is 2.19 bits per heavy atom. The first-order valence-electron chi connectivity index (χ1n) is 7.13. The summed E-state index contributed by atoms with van der Waals surface area (Å²) in [6, 6.07) is 4.84. The Morgan fingerprint density at radius 3 is 2.90 bits per heavy atom. The van der Waals surface area contributed by atoms with Crippen LogP contribution in [0.4, 0.5) is 10.1 Å². The van der Waals surface area contributed by atoms with Gasteiger partial charge in [0.1, 0.15) is 5.82 Å². The molecule has 1 fully saturated rings. The lowest BCUT2D eigenvalue weighted by Crippen LogP contribution is -2.38. The fraction of sp³-hybridized carbons (Fsp3) is 0.438. The molecule has 0 aromatic heterocycles. The summed E-state index contributed by atoms with van der Waals surface area (Å²) in [6.07, 6.45) is 3.54. The van der Waals surface area contributed by atoms with E-state index in [1.54, 1.807) is 6.07 Å². The number of rotatable bonds is 3. The van der Waals surface area contributed by atoms with E-state index in [2.05, 4.69) is 23.8 Å². The molecule has 5 heteroatoms. The average molecular weight is 292 g/mol. The highest BCUT2D eigenvalue weighted by Gasteiger charge is 2.21. The Morgan fingerprint density at radius 1 is 1.43 bits per heavy atom. The molecular formula is C16H21FN2O2. The molecule has 1 saturated heterocycles. The molecule has 1 N–H and O–H groups in total. The second kappa shape index (κ2) is 6.72. The van der Waals surface area contributed by atoms with Gasteiger partial charge in [-0.15, -0.1) is 0 Å². The standard InChI is InChI=1S/C16H21FN2O2/c1-12-11-18(2)8-3-9-19(12)15-6-5-14(17)10-13(15)4-7-16(20)21/h4-7,10,12H,3,8-9,11H2,1-2H3,(H,20,21)/b7-4+. The normalized spacial score (nSPS) is 20.7. The first-order chi connectivity index (χ1) is 9.97. The Balaban J connectivity index is 2.35. The van der Waals surface area contributed by atoms with Crippen molar-refractivity contribution in [2.45, 2.75) is 19.4 Å². The van der Waals surface area contributed by atoms with Crippen LogP contribution in [0.5, 0.6) is 0 Å². The van der Waals surface area contributed by atoms with Crippen molar-refractivity contribution in [2.75, 3.05) is 31.6 Å². The van der Waals surface area contributed by atoms with Gasteiger partial charge in [0.2, 0.25) is 0 Å². The number of likely N-dealkylation sites (N-methyl/N-ethyl adjacent to an activating group) is 1. The maximum Gasteiger partial charge on any atom is 0.328 e. The summed E-state index contributed by atoms with van der Waals surface area (Å²) in [7, 11) is 2.09. The van der Waals surface area contributed by atoms with Crippen molar-refractivity contribution in [1.82, 2.24) is 4.90 Å². The topological polar surface area (TPSA) is 43.8 Å². The van der Waals surface area contributed by atoms with E-state index in [9.17, 15) is 9.18 Å². The van der Waals surface area contributed by atoms with E-state index < -0.39 is 5.97 Å². The predicted molar refractivity (Wildman–Crippen MR) is 82.0 cm³/mol. The molecule has 1 unspecified atom stereocenters. The fourth-order valence-electron chi connectivity index (χ4n) is 2.81. The van der Waals surface area contributed by atoms with E-state index in [0.717, 1.165) is 37.8 Å². The number of anilines is 1. The van der Waals surface area contributed by atoms with Gasteiger partial charge in [-0.25, -0.2) is 9.18 Å². The van der Waals surface area contributed by atoms with Gasteiger partial charge >= 0.3 is 5.97 Å². The Hall–Kier alpha value is -1.88. The van der Waals surface area contributed by atoms with Crippen LogP contribution in [0.25, 0.3) is 6.08 Å². The maximum absolute atomic E-state index is 13.5. The van der Waals surface area contributed by atoms with Crippen molar-refractivity contribution in [2.24, 2.45) is 0 Å². The predicted octanol–water partition coefficient (Wildman–Crippen LogP) is 2.45. The molecule has 1 aliphatic heterocycles. The molecule has 4 nitrogen and oxygen atoms in total. The van der Waals surface area contributed by atoms with Gasteiger partial charge in [-0.2, -0.15) is 0 Å². The SMILES string of the molecule is CC1CN(C)CCCN1c1ccc(F)cc1/C=C/C(=O)O. The van der Waals surface area contributed by atoms with Gasteiger partial charge in [-0.3, -0.25) is 0 Å². The van der Waals surface area contributed by atoms with Crippen LogP contribution in [0.3, 0.4) is 0 Å². The molecule has 114 valence electrons. The number of aliphatic carboxylic acids is 1. The zero-order valence-corrected chi connectivity index (χ0v) is 12.4. The van der Waals surface area contributed by atoms with Crippen molar-refractivity contribution >= 4 is 17.7 Å². The third-order valence-corrected chi connectivity index (χ3v) is 3.75. The van der Waals surface area contributed by atoms with Crippen LogP contribution in [-0.4, -0.2) is 48.7 Å². The van der Waals surface area contributed by atoms with Gasteiger partial charge in [0.25, 0.3) is 0 Å². The van der Waals surface area contributed by atoms with Gasteiger partial charge < -0.3 is 14.9 Å². The van der Waals surface area contributed by atoms with Crippen LogP contribution in [-0.2, 0) is 4.79 Å². The highest BCUT2D eigenvalue weighted by Crippen LogP contribution is 2.26. The number of carboxylic acids is 1. The van der Waals surface area contributed by atoms with Crippen LogP contribution in [0, 0.1) is 5.82 Å². The maximum atomic E-state index is 13.5. The number of hydrogen-bond acceptors (Lipinski definition) is 3. The second-order valence-corrected chi connectivity index (χ2v) is 5.53. The third-order valence-electron chi connectivity index (χ3n) is 3.75. The minimum absolute atomic E-state index is 0.292. The molecule has 0 aliphatic carbocycles. The van der Waals surface area contributed by atoms with E-state index in [4.69, 9.17) is 5.11 Å². The molecule has 1 aromatic carbocycles. The zero-order valence-electron chi connectivity index (χ0n) is 12.4. The molecule has 1 aliphatic rings. The molecular weight excluding hydrogens is 271 g/mol. The molecule has 1 aromatic rings. The molecule has 1 atom stereocenters. The van der Waals surface area contributed by atoms with Crippen LogP contribution in [0.15, 0.2) is 24.3 Å². The summed E-state index contributed by atoms with van der Waals surface area (Å²) in [4.78, 5) is 15.2. The minimum Gasteiger partial charge on any atom is -0.478 e. The lowest BCUT2D eigenvalue weighted by atomic mass is 10.1. The van der Waals surface area contributed by atoms with Crippen LogP contribution in [0.2, 0.25) is 0 Å². The van der Waals surface area contributed by atoms with Crippen LogP contribution < -0.4 is 4.90 Å². The molecule has 21 heavy (non-hydrogen) atoms. The Kier molecular flexibility index (Phi) is 4.96. The Labute approximate surface area is 124 Å². The molecule has 1 heterocycles. The summed E-state index contributed by atoms with van der Waals surface area (Å²) >= 11 is 0. The highest BCUT2D eigenvalue weighted by molar-refractivity contribution is 5.87. The van der Waals surface area contributed by atoms with Crippen LogP contribution >= 0.6 is 0 Å². The number of carbonyl (C=O) groups is 1. The van der Waals surface area contributed by atoms with E-state index in [1.165, 1.54) is 18.2 Å². The van der Waals surface area contributed by atoms with E-state index in [-0.39, 0.29) is 5.82 Å². The summed E-state index contributed by atoms with van der Waals surface area (Å²) < 4.78 is 13.5. The van der Waals surface area contributed by atoms with E-state index >= 15 is 0 Å². The lowest BCUT2D eigenvalue weighted by Gasteiger charge is -2.31. The monoisotopic (exact) mass is 292 g/mol. The smallest absolute Gasteiger partial charge is 0.328 e. The van der Waals surface area contributed by atoms with Crippen LogP contribution in [0.1, 0.15) is 18.9 Å². The number of carboxylic acid groups (broad SMARTS) is 1. The van der Waals surface area contributed by atoms with Crippen molar-refractivity contribution in [3.05, 3.63) is 35.7 Å². The highest BCUT2D eigenvalue weighted by atomic mass is 19.1. The number of hydrogen-bond donors (Lipinski definition) is 1. The van der Waals surface area contributed by atoms with E-state index in [0.29, 0.717) is 11.6 Å². The minimum atomic E-state index is -1.03. The van der Waals surface area contributed by atoms with Crippen molar-refractivity contribution in [1.29, 1.82) is 0 Å².